The van der Waals surface area contributed by atoms with Crippen molar-refractivity contribution in [3.8, 4) is 0 Å². The SMILES string of the molecule is Cc1cc(C)cc(NCC(N)C(N)=O)c1. The summed E-state index contributed by atoms with van der Waals surface area (Å²) in [5, 5.41) is 3.08. The van der Waals surface area contributed by atoms with E-state index in [1.165, 1.54) is 11.1 Å². The number of carbonyl (C=O) groups is 1. The van der Waals surface area contributed by atoms with Gasteiger partial charge in [0.2, 0.25) is 5.91 Å². The van der Waals surface area contributed by atoms with Gasteiger partial charge < -0.3 is 16.8 Å². The number of primary amides is 1. The first-order valence-electron chi connectivity index (χ1n) is 4.86. The number of rotatable bonds is 4. The van der Waals surface area contributed by atoms with E-state index in [4.69, 9.17) is 11.5 Å². The number of anilines is 1. The van der Waals surface area contributed by atoms with E-state index < -0.39 is 11.9 Å². The molecule has 5 N–H and O–H groups in total. The lowest BCUT2D eigenvalue weighted by Crippen LogP contribution is -2.41. The predicted octanol–water partition coefficient (Wildman–Crippen LogP) is 0.528. The van der Waals surface area contributed by atoms with Crippen LogP contribution in [0.25, 0.3) is 0 Å². The van der Waals surface area contributed by atoms with Gasteiger partial charge in [-0.3, -0.25) is 4.79 Å². The molecule has 15 heavy (non-hydrogen) atoms. The van der Waals surface area contributed by atoms with Gasteiger partial charge in [0.25, 0.3) is 0 Å². The van der Waals surface area contributed by atoms with Crippen LogP contribution in [0.1, 0.15) is 11.1 Å². The molecular formula is C11H17N3O. The van der Waals surface area contributed by atoms with E-state index in [9.17, 15) is 4.79 Å². The molecule has 1 atom stereocenters. The van der Waals surface area contributed by atoms with Crippen molar-refractivity contribution in [2.75, 3.05) is 11.9 Å². The highest BCUT2D eigenvalue weighted by atomic mass is 16.1. The molecule has 4 heteroatoms. The molecule has 0 spiro atoms. The van der Waals surface area contributed by atoms with E-state index in [0.29, 0.717) is 6.54 Å². The Kier molecular flexibility index (Phi) is 3.68. The first-order valence-corrected chi connectivity index (χ1v) is 4.86. The van der Waals surface area contributed by atoms with Crippen LogP contribution in [0.2, 0.25) is 0 Å². The lowest BCUT2D eigenvalue weighted by molar-refractivity contribution is -0.118. The maximum Gasteiger partial charge on any atom is 0.236 e. The summed E-state index contributed by atoms with van der Waals surface area (Å²) in [5.74, 6) is -0.494. The Balaban J connectivity index is 2.61. The number of aryl methyl sites for hydroxylation is 2. The van der Waals surface area contributed by atoms with E-state index >= 15 is 0 Å². The van der Waals surface area contributed by atoms with Crippen LogP contribution in [0, 0.1) is 13.8 Å². The Morgan fingerprint density at radius 2 is 1.87 bits per heavy atom. The van der Waals surface area contributed by atoms with Gasteiger partial charge in [-0.1, -0.05) is 6.07 Å². The fraction of sp³-hybridized carbons (Fsp3) is 0.364. The molecule has 0 aliphatic rings. The second-order valence-corrected chi connectivity index (χ2v) is 3.77. The molecule has 0 saturated carbocycles. The van der Waals surface area contributed by atoms with Gasteiger partial charge in [-0.15, -0.1) is 0 Å². The number of hydrogen-bond acceptors (Lipinski definition) is 3. The van der Waals surface area contributed by atoms with Crippen LogP contribution in [0.15, 0.2) is 18.2 Å². The van der Waals surface area contributed by atoms with Gasteiger partial charge in [-0.05, 0) is 37.1 Å². The molecular weight excluding hydrogens is 190 g/mol. The predicted molar refractivity (Wildman–Crippen MR) is 61.6 cm³/mol. The quantitative estimate of drug-likeness (QED) is 0.673. The summed E-state index contributed by atoms with van der Waals surface area (Å²) in [6, 6.07) is 5.44. The van der Waals surface area contributed by atoms with Crippen LogP contribution in [0.4, 0.5) is 5.69 Å². The van der Waals surface area contributed by atoms with Crippen LogP contribution in [0.3, 0.4) is 0 Å². The van der Waals surface area contributed by atoms with Crippen LogP contribution in [-0.2, 0) is 4.79 Å². The van der Waals surface area contributed by atoms with E-state index in [0.717, 1.165) is 5.69 Å². The number of carbonyl (C=O) groups excluding carboxylic acids is 1. The van der Waals surface area contributed by atoms with Crippen molar-refractivity contribution in [1.29, 1.82) is 0 Å². The molecule has 1 amide bonds. The van der Waals surface area contributed by atoms with Gasteiger partial charge in [0.15, 0.2) is 0 Å². The van der Waals surface area contributed by atoms with Crippen molar-refractivity contribution >= 4 is 11.6 Å². The van der Waals surface area contributed by atoms with Gasteiger partial charge in [-0.25, -0.2) is 0 Å². The number of benzene rings is 1. The van der Waals surface area contributed by atoms with E-state index in [1.54, 1.807) is 0 Å². The molecule has 82 valence electrons. The maximum absolute atomic E-state index is 10.7. The van der Waals surface area contributed by atoms with Crippen molar-refractivity contribution in [2.24, 2.45) is 11.5 Å². The monoisotopic (exact) mass is 207 g/mol. The zero-order valence-corrected chi connectivity index (χ0v) is 9.08. The summed E-state index contributed by atoms with van der Waals surface area (Å²) in [6.45, 7) is 4.40. The van der Waals surface area contributed by atoms with Gasteiger partial charge in [0, 0.05) is 12.2 Å². The molecule has 1 aromatic rings. The van der Waals surface area contributed by atoms with Gasteiger partial charge in [0.1, 0.15) is 6.04 Å². The highest BCUT2D eigenvalue weighted by molar-refractivity contribution is 5.80. The summed E-state index contributed by atoms with van der Waals surface area (Å²) in [5.41, 5.74) is 13.9. The summed E-state index contributed by atoms with van der Waals surface area (Å²) in [6.07, 6.45) is 0. The normalized spacial score (nSPS) is 12.2. The van der Waals surface area contributed by atoms with Crippen molar-refractivity contribution < 1.29 is 4.79 Å². The molecule has 0 radical (unpaired) electrons. The molecule has 0 aliphatic heterocycles. The van der Waals surface area contributed by atoms with Crippen molar-refractivity contribution in [2.45, 2.75) is 19.9 Å². The highest BCUT2D eigenvalue weighted by Gasteiger charge is 2.08. The number of hydrogen-bond donors (Lipinski definition) is 3. The zero-order chi connectivity index (χ0) is 11.4. The fourth-order valence-electron chi connectivity index (χ4n) is 1.41. The van der Waals surface area contributed by atoms with Gasteiger partial charge in [-0.2, -0.15) is 0 Å². The molecule has 0 heterocycles. The second kappa shape index (κ2) is 4.79. The number of nitrogens with one attached hydrogen (secondary N) is 1. The van der Waals surface area contributed by atoms with Crippen LogP contribution in [-0.4, -0.2) is 18.5 Å². The largest absolute Gasteiger partial charge is 0.383 e. The Labute approximate surface area is 89.6 Å². The molecule has 1 unspecified atom stereocenters. The molecule has 0 aliphatic carbocycles. The molecule has 0 bridgehead atoms. The molecule has 4 nitrogen and oxygen atoms in total. The lowest BCUT2D eigenvalue weighted by Gasteiger charge is -2.11. The average Bonchev–Trinajstić information content (AvgIpc) is 2.12. The minimum atomic E-state index is -0.647. The molecule has 0 fully saturated rings. The number of amides is 1. The first-order chi connectivity index (χ1) is 6.99. The highest BCUT2D eigenvalue weighted by Crippen LogP contribution is 2.13. The van der Waals surface area contributed by atoms with Gasteiger partial charge in [0.05, 0.1) is 0 Å². The van der Waals surface area contributed by atoms with Crippen LogP contribution >= 0.6 is 0 Å². The first kappa shape index (κ1) is 11.5. The summed E-state index contributed by atoms with van der Waals surface area (Å²) in [7, 11) is 0. The Morgan fingerprint density at radius 3 is 2.33 bits per heavy atom. The summed E-state index contributed by atoms with van der Waals surface area (Å²) in [4.78, 5) is 10.7. The maximum atomic E-state index is 10.7. The molecule has 0 aromatic heterocycles. The third kappa shape index (κ3) is 3.59. The van der Waals surface area contributed by atoms with E-state index in [-0.39, 0.29) is 0 Å². The molecule has 1 aromatic carbocycles. The standard InChI is InChI=1S/C11H17N3O/c1-7-3-8(2)5-9(4-7)14-6-10(12)11(13)15/h3-5,10,14H,6,12H2,1-2H3,(H2,13,15). The smallest absolute Gasteiger partial charge is 0.236 e. The molecule has 1 rings (SSSR count). The third-order valence-electron chi connectivity index (χ3n) is 2.11. The van der Waals surface area contributed by atoms with Crippen molar-refractivity contribution in [1.82, 2.24) is 0 Å². The van der Waals surface area contributed by atoms with Crippen molar-refractivity contribution in [3.05, 3.63) is 29.3 Å². The van der Waals surface area contributed by atoms with E-state index in [1.807, 2.05) is 26.0 Å². The number of nitrogens with two attached hydrogens (primary N) is 2. The third-order valence-corrected chi connectivity index (χ3v) is 2.11. The Bertz CT molecular complexity index is 343. The van der Waals surface area contributed by atoms with Gasteiger partial charge >= 0.3 is 0 Å². The Morgan fingerprint density at radius 1 is 1.33 bits per heavy atom. The van der Waals surface area contributed by atoms with E-state index in [2.05, 4.69) is 11.4 Å². The minimum absolute atomic E-state index is 0.359. The van der Waals surface area contributed by atoms with Crippen LogP contribution in [0.5, 0.6) is 0 Å². The topological polar surface area (TPSA) is 81.1 Å². The fourth-order valence-corrected chi connectivity index (χ4v) is 1.41. The van der Waals surface area contributed by atoms with Crippen LogP contribution < -0.4 is 16.8 Å². The second-order valence-electron chi connectivity index (χ2n) is 3.77. The molecule has 0 saturated heterocycles. The lowest BCUT2D eigenvalue weighted by atomic mass is 10.1. The Hall–Kier alpha value is -1.55. The minimum Gasteiger partial charge on any atom is -0.383 e. The zero-order valence-electron chi connectivity index (χ0n) is 9.08. The summed E-state index contributed by atoms with van der Waals surface area (Å²) >= 11 is 0. The van der Waals surface area contributed by atoms with Crippen molar-refractivity contribution in [3.63, 3.8) is 0 Å². The average molecular weight is 207 g/mol. The summed E-state index contributed by atoms with van der Waals surface area (Å²) < 4.78 is 0.